The first-order valence-corrected chi connectivity index (χ1v) is 13.6. The van der Waals surface area contributed by atoms with Crippen molar-refractivity contribution >= 4 is 77.8 Å². The lowest BCUT2D eigenvalue weighted by Crippen LogP contribution is -2.39. The van der Waals surface area contributed by atoms with Crippen LogP contribution < -0.4 is 4.74 Å². The average molecular weight is 666 g/mol. The summed E-state index contributed by atoms with van der Waals surface area (Å²) in [5.41, 5.74) is -1.34. The Balaban J connectivity index is 1.60. The van der Waals surface area contributed by atoms with Crippen molar-refractivity contribution in [2.75, 3.05) is 0 Å². The number of benzene rings is 2. The molecular formula is C23H17Br2F3N2O4S2. The van der Waals surface area contributed by atoms with E-state index in [1.54, 1.807) is 23.1 Å². The number of amides is 1. The first kappa shape index (κ1) is 27.1. The number of thioether (sulfide) groups is 1. The summed E-state index contributed by atoms with van der Waals surface area (Å²) < 4.78 is 45.9. The van der Waals surface area contributed by atoms with Crippen LogP contribution in [0.3, 0.4) is 0 Å². The number of thiocarbonyl (C=S) groups is 1. The monoisotopic (exact) mass is 664 g/mol. The molecule has 1 amide bonds. The lowest BCUT2D eigenvalue weighted by Gasteiger charge is -2.29. The molecule has 0 spiro atoms. The maximum Gasteiger partial charge on any atom is 0.416 e. The van der Waals surface area contributed by atoms with Gasteiger partial charge in [0, 0.05) is 12.1 Å². The van der Waals surface area contributed by atoms with Gasteiger partial charge >= 0.3 is 11.9 Å². The fourth-order valence-electron chi connectivity index (χ4n) is 4.08. The van der Waals surface area contributed by atoms with E-state index in [1.165, 1.54) is 11.8 Å². The molecule has 0 radical (unpaired) electrons. The molecule has 0 N–H and O–H groups in total. The minimum absolute atomic E-state index is 0.117. The molecule has 2 aromatic carbocycles. The van der Waals surface area contributed by atoms with Crippen molar-refractivity contribution in [2.45, 2.75) is 44.3 Å². The number of nitro groups is 1. The standard InChI is InChI=1S/C23H17Br2F3N2O4S2/c24-15-8-12(10-19-21(31)29(22(35)36-19)14-4-2-1-3-5-14)9-16(25)20(15)34-18-7-6-13(23(26,27)28)11-17(18)30(32)33/h6-11,14H,1-5H2/b19-10+. The van der Waals surface area contributed by atoms with Gasteiger partial charge in [-0.2, -0.15) is 13.2 Å². The smallest absolute Gasteiger partial charge is 0.416 e. The normalized spacial score (nSPS) is 18.2. The van der Waals surface area contributed by atoms with Crippen LogP contribution in [0.15, 0.2) is 44.2 Å². The minimum Gasteiger partial charge on any atom is -0.448 e. The molecule has 0 bridgehead atoms. The Kier molecular flexibility index (Phi) is 8.13. The summed E-state index contributed by atoms with van der Waals surface area (Å²) >= 11 is 13.4. The maximum absolute atomic E-state index is 13.1. The Hall–Kier alpha value is -1.96. The molecule has 4 rings (SSSR count). The summed E-state index contributed by atoms with van der Waals surface area (Å²) in [5.74, 6) is -0.356. The lowest BCUT2D eigenvalue weighted by molar-refractivity contribution is -0.385. The van der Waals surface area contributed by atoms with Crippen LogP contribution in [0.4, 0.5) is 18.9 Å². The van der Waals surface area contributed by atoms with E-state index in [2.05, 4.69) is 31.9 Å². The van der Waals surface area contributed by atoms with Gasteiger partial charge in [-0.15, -0.1) is 0 Å². The SMILES string of the molecule is O=C1/C(=C\c2cc(Br)c(Oc3ccc(C(F)(F)F)cc3[N+](=O)[O-])c(Br)c2)SC(=S)N1C1CCCCC1. The zero-order chi connectivity index (χ0) is 26.2. The second-order valence-electron chi connectivity index (χ2n) is 8.20. The highest BCUT2D eigenvalue weighted by Crippen LogP contribution is 2.44. The van der Waals surface area contributed by atoms with E-state index in [4.69, 9.17) is 17.0 Å². The van der Waals surface area contributed by atoms with Crippen molar-refractivity contribution in [3.05, 3.63) is 65.4 Å². The number of carbonyl (C=O) groups excluding carboxylic acids is 1. The summed E-state index contributed by atoms with van der Waals surface area (Å²) in [6, 6.07) is 5.45. The topological polar surface area (TPSA) is 72.7 Å². The van der Waals surface area contributed by atoms with Gasteiger partial charge in [0.25, 0.3) is 5.91 Å². The zero-order valence-corrected chi connectivity index (χ0v) is 23.1. The largest absolute Gasteiger partial charge is 0.448 e. The van der Waals surface area contributed by atoms with Crippen LogP contribution in [-0.4, -0.2) is 26.1 Å². The highest BCUT2D eigenvalue weighted by Gasteiger charge is 2.37. The maximum atomic E-state index is 13.1. The van der Waals surface area contributed by atoms with Crippen LogP contribution in [0, 0.1) is 10.1 Å². The van der Waals surface area contributed by atoms with Crippen LogP contribution in [0.1, 0.15) is 43.2 Å². The molecule has 1 saturated heterocycles. The first-order valence-electron chi connectivity index (χ1n) is 10.8. The molecule has 0 aromatic heterocycles. The summed E-state index contributed by atoms with van der Waals surface area (Å²) in [7, 11) is 0. The third-order valence-electron chi connectivity index (χ3n) is 5.78. The van der Waals surface area contributed by atoms with E-state index >= 15 is 0 Å². The number of halogens is 5. The van der Waals surface area contributed by atoms with Gasteiger partial charge in [0.15, 0.2) is 5.75 Å². The number of hydrogen-bond acceptors (Lipinski definition) is 6. The molecule has 2 aromatic rings. The van der Waals surface area contributed by atoms with Gasteiger partial charge in [-0.05, 0) is 80.6 Å². The van der Waals surface area contributed by atoms with Crippen LogP contribution >= 0.6 is 55.8 Å². The predicted octanol–water partition coefficient (Wildman–Crippen LogP) is 8.46. The van der Waals surface area contributed by atoms with Gasteiger partial charge < -0.3 is 4.74 Å². The Bertz CT molecular complexity index is 1260. The van der Waals surface area contributed by atoms with E-state index in [0.29, 0.717) is 35.9 Å². The highest BCUT2D eigenvalue weighted by atomic mass is 79.9. The van der Waals surface area contributed by atoms with Crippen LogP contribution in [-0.2, 0) is 11.0 Å². The number of nitrogens with zero attached hydrogens (tertiary/aromatic N) is 2. The van der Waals surface area contributed by atoms with Crippen molar-refractivity contribution in [3.63, 3.8) is 0 Å². The zero-order valence-electron chi connectivity index (χ0n) is 18.3. The molecule has 190 valence electrons. The fraction of sp³-hybridized carbons (Fsp3) is 0.304. The van der Waals surface area contributed by atoms with E-state index in [1.807, 2.05) is 0 Å². The molecule has 1 heterocycles. The number of hydrogen-bond donors (Lipinski definition) is 0. The van der Waals surface area contributed by atoms with Gasteiger partial charge in [0.1, 0.15) is 4.32 Å². The molecule has 1 aliphatic heterocycles. The minimum atomic E-state index is -4.73. The van der Waals surface area contributed by atoms with Gasteiger partial charge in [0.2, 0.25) is 5.75 Å². The van der Waals surface area contributed by atoms with Gasteiger partial charge in [-0.25, -0.2) is 0 Å². The molecule has 36 heavy (non-hydrogen) atoms. The van der Waals surface area contributed by atoms with Crippen molar-refractivity contribution < 1.29 is 27.6 Å². The Morgan fingerprint density at radius 3 is 2.36 bits per heavy atom. The number of nitro benzene ring substituents is 1. The molecule has 0 atom stereocenters. The number of alkyl halides is 3. The third-order valence-corrected chi connectivity index (χ3v) is 8.29. The Morgan fingerprint density at radius 2 is 1.78 bits per heavy atom. The van der Waals surface area contributed by atoms with Gasteiger partial charge in [-0.1, -0.05) is 43.2 Å². The van der Waals surface area contributed by atoms with E-state index < -0.39 is 22.4 Å². The third kappa shape index (κ3) is 5.79. The van der Waals surface area contributed by atoms with Crippen LogP contribution in [0.5, 0.6) is 11.5 Å². The lowest BCUT2D eigenvalue weighted by atomic mass is 9.94. The molecule has 13 heteroatoms. The quantitative estimate of drug-likeness (QED) is 0.138. The Morgan fingerprint density at radius 1 is 1.14 bits per heavy atom. The number of carbonyl (C=O) groups is 1. The second-order valence-corrected chi connectivity index (χ2v) is 11.6. The summed E-state index contributed by atoms with van der Waals surface area (Å²) in [6.45, 7) is 0. The summed E-state index contributed by atoms with van der Waals surface area (Å²) in [4.78, 5) is 25.7. The average Bonchev–Trinajstić information content (AvgIpc) is 3.08. The van der Waals surface area contributed by atoms with Crippen molar-refractivity contribution in [2.24, 2.45) is 0 Å². The second kappa shape index (κ2) is 10.8. The summed E-state index contributed by atoms with van der Waals surface area (Å²) in [6.07, 6.45) is 2.12. The predicted molar refractivity (Wildman–Crippen MR) is 142 cm³/mol. The van der Waals surface area contributed by atoms with Crippen molar-refractivity contribution in [1.82, 2.24) is 4.90 Å². The van der Waals surface area contributed by atoms with E-state index in [9.17, 15) is 28.1 Å². The van der Waals surface area contributed by atoms with Gasteiger partial charge in [-0.3, -0.25) is 19.8 Å². The molecular weight excluding hydrogens is 649 g/mol. The molecule has 6 nitrogen and oxygen atoms in total. The first-order chi connectivity index (χ1) is 17.0. The number of ether oxygens (including phenoxy) is 1. The molecule has 2 aliphatic rings. The van der Waals surface area contributed by atoms with Gasteiger partial charge in [0.05, 0.1) is 24.3 Å². The van der Waals surface area contributed by atoms with Crippen LogP contribution in [0.25, 0.3) is 6.08 Å². The Labute approximate surface area is 230 Å². The van der Waals surface area contributed by atoms with Crippen molar-refractivity contribution in [3.8, 4) is 11.5 Å². The summed E-state index contributed by atoms with van der Waals surface area (Å²) in [5, 5.41) is 11.4. The molecule has 2 fully saturated rings. The van der Waals surface area contributed by atoms with E-state index in [-0.39, 0.29) is 23.4 Å². The van der Waals surface area contributed by atoms with Crippen molar-refractivity contribution in [1.29, 1.82) is 0 Å². The number of rotatable bonds is 5. The molecule has 1 saturated carbocycles. The fourth-order valence-corrected chi connectivity index (χ4v) is 6.86. The van der Waals surface area contributed by atoms with Crippen LogP contribution in [0.2, 0.25) is 0 Å². The molecule has 0 unspecified atom stereocenters. The highest BCUT2D eigenvalue weighted by molar-refractivity contribution is 9.11. The van der Waals surface area contributed by atoms with E-state index in [0.717, 1.165) is 38.2 Å². The molecule has 1 aliphatic carbocycles.